The molecule has 2 unspecified atom stereocenters. The highest BCUT2D eigenvalue weighted by atomic mass is 16.6. The second kappa shape index (κ2) is 5.81. The Bertz CT molecular complexity index is 456. The highest BCUT2D eigenvalue weighted by Crippen LogP contribution is 2.23. The number of hydrogen-bond donors (Lipinski definition) is 2. The molecule has 1 aliphatic rings. The molecule has 1 heterocycles. The minimum absolute atomic E-state index is 0.0160. The first-order valence-electron chi connectivity index (χ1n) is 6.93. The Morgan fingerprint density at radius 2 is 2.00 bits per heavy atom. The van der Waals surface area contributed by atoms with Crippen molar-refractivity contribution in [1.29, 1.82) is 0 Å². The van der Waals surface area contributed by atoms with Crippen LogP contribution in [0, 0.1) is 0 Å². The Kier molecular flexibility index (Phi) is 4.30. The van der Waals surface area contributed by atoms with Crippen LogP contribution in [0.1, 0.15) is 27.2 Å². The third kappa shape index (κ3) is 3.71. The first kappa shape index (κ1) is 14.8. The maximum absolute atomic E-state index is 12.5. The molecule has 1 aromatic carbocycles. The van der Waals surface area contributed by atoms with E-state index < -0.39 is 5.60 Å². The summed E-state index contributed by atoms with van der Waals surface area (Å²) in [7, 11) is 0. The third-order valence-electron chi connectivity index (χ3n) is 3.13. The van der Waals surface area contributed by atoms with Gasteiger partial charge in [-0.1, -0.05) is 18.2 Å². The molecule has 5 nitrogen and oxygen atoms in total. The monoisotopic (exact) mass is 277 g/mol. The van der Waals surface area contributed by atoms with Crippen molar-refractivity contribution in [3.8, 4) is 0 Å². The van der Waals surface area contributed by atoms with Crippen molar-refractivity contribution in [1.82, 2.24) is 5.32 Å². The van der Waals surface area contributed by atoms with Crippen molar-refractivity contribution in [3.05, 3.63) is 30.3 Å². The van der Waals surface area contributed by atoms with Crippen LogP contribution >= 0.6 is 0 Å². The second-order valence-electron chi connectivity index (χ2n) is 6.09. The first-order valence-corrected chi connectivity index (χ1v) is 6.93. The van der Waals surface area contributed by atoms with Crippen LogP contribution < -0.4 is 16.0 Å². The summed E-state index contributed by atoms with van der Waals surface area (Å²) < 4.78 is 5.52. The van der Waals surface area contributed by atoms with E-state index in [0.717, 1.165) is 5.69 Å². The Balaban J connectivity index is 2.23. The number of nitrogens with one attached hydrogen (secondary N) is 1. The molecule has 0 spiro atoms. The van der Waals surface area contributed by atoms with Crippen LogP contribution in [0.5, 0.6) is 0 Å². The molecule has 0 aliphatic carbocycles. The van der Waals surface area contributed by atoms with Crippen LogP contribution in [0.25, 0.3) is 0 Å². The Morgan fingerprint density at radius 1 is 1.35 bits per heavy atom. The topological polar surface area (TPSA) is 67.6 Å². The van der Waals surface area contributed by atoms with Crippen LogP contribution in [0.3, 0.4) is 0 Å². The summed E-state index contributed by atoms with van der Waals surface area (Å²) >= 11 is 0. The van der Waals surface area contributed by atoms with Crippen molar-refractivity contribution in [2.75, 3.05) is 11.4 Å². The number of amides is 1. The van der Waals surface area contributed by atoms with E-state index in [9.17, 15) is 4.79 Å². The number of para-hydroxylation sites is 1. The van der Waals surface area contributed by atoms with E-state index >= 15 is 0 Å². The van der Waals surface area contributed by atoms with Crippen LogP contribution in [0.2, 0.25) is 0 Å². The van der Waals surface area contributed by atoms with E-state index in [1.807, 2.05) is 51.1 Å². The lowest BCUT2D eigenvalue weighted by molar-refractivity contribution is 0.0567. The summed E-state index contributed by atoms with van der Waals surface area (Å²) in [5.74, 6) is 0. The zero-order valence-corrected chi connectivity index (χ0v) is 12.3. The van der Waals surface area contributed by atoms with E-state index in [0.29, 0.717) is 13.0 Å². The Hall–Kier alpha value is -1.59. The van der Waals surface area contributed by atoms with Gasteiger partial charge in [0, 0.05) is 12.2 Å². The van der Waals surface area contributed by atoms with Gasteiger partial charge in [0.1, 0.15) is 5.60 Å². The van der Waals surface area contributed by atoms with E-state index in [1.165, 1.54) is 0 Å². The number of ether oxygens (including phenoxy) is 1. The SMILES string of the molecule is CC(C)(C)OC(=O)N(c1ccccc1)C1CNC(N)C1. The lowest BCUT2D eigenvalue weighted by Crippen LogP contribution is -2.44. The number of carbonyl (C=O) groups is 1. The van der Waals surface area contributed by atoms with Gasteiger partial charge in [0.15, 0.2) is 0 Å². The van der Waals surface area contributed by atoms with Gasteiger partial charge in [0.25, 0.3) is 0 Å². The van der Waals surface area contributed by atoms with Gasteiger partial charge in [0.2, 0.25) is 0 Å². The third-order valence-corrected chi connectivity index (χ3v) is 3.13. The fourth-order valence-electron chi connectivity index (χ4n) is 2.31. The van der Waals surface area contributed by atoms with Crippen molar-refractivity contribution < 1.29 is 9.53 Å². The fourth-order valence-corrected chi connectivity index (χ4v) is 2.31. The average Bonchev–Trinajstić information content (AvgIpc) is 2.75. The molecule has 0 radical (unpaired) electrons. The molecule has 0 bridgehead atoms. The predicted molar refractivity (Wildman–Crippen MR) is 79.5 cm³/mol. The molecular weight excluding hydrogens is 254 g/mol. The van der Waals surface area contributed by atoms with E-state index in [2.05, 4.69) is 5.32 Å². The lowest BCUT2D eigenvalue weighted by atomic mass is 10.1. The van der Waals surface area contributed by atoms with Crippen molar-refractivity contribution >= 4 is 11.8 Å². The minimum Gasteiger partial charge on any atom is -0.443 e. The summed E-state index contributed by atoms with van der Waals surface area (Å²) in [5.41, 5.74) is 6.20. The number of nitrogens with zero attached hydrogens (tertiary/aromatic N) is 1. The van der Waals surface area contributed by atoms with Gasteiger partial charge in [0.05, 0.1) is 12.2 Å². The number of nitrogens with two attached hydrogens (primary N) is 1. The maximum atomic E-state index is 12.5. The number of carbonyl (C=O) groups excluding carboxylic acids is 1. The van der Waals surface area contributed by atoms with Crippen LogP contribution in [-0.4, -0.2) is 30.4 Å². The van der Waals surface area contributed by atoms with Gasteiger partial charge in [-0.25, -0.2) is 4.79 Å². The molecule has 3 N–H and O–H groups in total. The highest BCUT2D eigenvalue weighted by molar-refractivity contribution is 5.88. The molecule has 2 atom stereocenters. The molecule has 1 aromatic rings. The molecule has 110 valence electrons. The minimum atomic E-state index is -0.516. The largest absolute Gasteiger partial charge is 0.443 e. The zero-order valence-electron chi connectivity index (χ0n) is 12.3. The standard InChI is InChI=1S/C15H23N3O2/c1-15(2,3)20-14(19)18(11-7-5-4-6-8-11)12-9-13(16)17-10-12/h4-8,12-13,17H,9-10,16H2,1-3H3. The average molecular weight is 277 g/mol. The summed E-state index contributed by atoms with van der Waals surface area (Å²) in [6.45, 7) is 6.28. The van der Waals surface area contributed by atoms with Gasteiger partial charge in [-0.3, -0.25) is 10.2 Å². The molecule has 1 fully saturated rings. The van der Waals surface area contributed by atoms with Crippen molar-refractivity contribution in [3.63, 3.8) is 0 Å². The molecule has 5 heteroatoms. The molecule has 1 saturated heterocycles. The summed E-state index contributed by atoms with van der Waals surface area (Å²) in [6, 6.07) is 9.59. The summed E-state index contributed by atoms with van der Waals surface area (Å²) in [4.78, 5) is 14.2. The summed E-state index contributed by atoms with van der Waals surface area (Å²) in [5, 5.41) is 3.17. The van der Waals surface area contributed by atoms with E-state index in [1.54, 1.807) is 4.90 Å². The second-order valence-corrected chi connectivity index (χ2v) is 6.09. The molecule has 2 rings (SSSR count). The normalized spacial score (nSPS) is 22.6. The number of anilines is 1. The molecule has 20 heavy (non-hydrogen) atoms. The van der Waals surface area contributed by atoms with Crippen LogP contribution in [0.4, 0.5) is 10.5 Å². The number of hydrogen-bond acceptors (Lipinski definition) is 4. The van der Waals surface area contributed by atoms with Crippen LogP contribution in [-0.2, 0) is 4.74 Å². The lowest BCUT2D eigenvalue weighted by Gasteiger charge is -2.31. The molecule has 1 aliphatic heterocycles. The quantitative estimate of drug-likeness (QED) is 0.868. The molecular formula is C15H23N3O2. The molecule has 0 aromatic heterocycles. The molecule has 0 saturated carbocycles. The van der Waals surface area contributed by atoms with E-state index in [-0.39, 0.29) is 18.3 Å². The van der Waals surface area contributed by atoms with Gasteiger partial charge in [-0.05, 0) is 39.3 Å². The van der Waals surface area contributed by atoms with Crippen LogP contribution in [0.15, 0.2) is 30.3 Å². The highest BCUT2D eigenvalue weighted by Gasteiger charge is 2.33. The summed E-state index contributed by atoms with van der Waals surface area (Å²) in [6.07, 6.45) is 0.312. The smallest absolute Gasteiger partial charge is 0.415 e. The van der Waals surface area contributed by atoms with Gasteiger partial charge < -0.3 is 10.5 Å². The van der Waals surface area contributed by atoms with E-state index in [4.69, 9.17) is 10.5 Å². The van der Waals surface area contributed by atoms with Gasteiger partial charge >= 0.3 is 6.09 Å². The number of benzene rings is 1. The van der Waals surface area contributed by atoms with Crippen molar-refractivity contribution in [2.24, 2.45) is 5.73 Å². The fraction of sp³-hybridized carbons (Fsp3) is 0.533. The first-order chi connectivity index (χ1) is 9.37. The number of rotatable bonds is 2. The van der Waals surface area contributed by atoms with Gasteiger partial charge in [-0.2, -0.15) is 0 Å². The van der Waals surface area contributed by atoms with Crippen molar-refractivity contribution in [2.45, 2.75) is 45.0 Å². The molecule has 1 amide bonds. The predicted octanol–water partition coefficient (Wildman–Crippen LogP) is 2.07. The Morgan fingerprint density at radius 3 is 2.50 bits per heavy atom. The zero-order chi connectivity index (χ0) is 14.8. The maximum Gasteiger partial charge on any atom is 0.415 e. The Labute approximate surface area is 120 Å². The van der Waals surface area contributed by atoms with Gasteiger partial charge in [-0.15, -0.1) is 0 Å².